The van der Waals surface area contributed by atoms with Gasteiger partial charge in [-0.15, -0.1) is 0 Å². The van der Waals surface area contributed by atoms with Crippen molar-refractivity contribution in [3.63, 3.8) is 0 Å². The zero-order valence-electron chi connectivity index (χ0n) is 11.8. The van der Waals surface area contributed by atoms with E-state index < -0.39 is 11.9 Å². The first-order valence-corrected chi connectivity index (χ1v) is 7.17. The predicted molar refractivity (Wildman–Crippen MR) is 71.8 cm³/mol. The summed E-state index contributed by atoms with van der Waals surface area (Å²) in [5.41, 5.74) is 0.229. The molecule has 0 aromatic carbocycles. The van der Waals surface area contributed by atoms with Crippen LogP contribution in [-0.4, -0.2) is 41.6 Å². The average Bonchev–Trinajstić information content (AvgIpc) is 2.93. The van der Waals surface area contributed by atoms with Crippen LogP contribution in [0.25, 0.3) is 0 Å². The summed E-state index contributed by atoms with van der Waals surface area (Å²) in [6, 6.07) is -0.108. The number of aliphatic carboxylic acids is 1. The van der Waals surface area contributed by atoms with Crippen molar-refractivity contribution in [2.75, 3.05) is 19.6 Å². The van der Waals surface area contributed by atoms with Crippen molar-refractivity contribution in [3.05, 3.63) is 0 Å². The molecule has 1 saturated carbocycles. The van der Waals surface area contributed by atoms with Gasteiger partial charge in [-0.05, 0) is 24.2 Å². The van der Waals surface area contributed by atoms with Gasteiger partial charge in [-0.25, -0.2) is 4.79 Å². The standard InChI is InChI=1S/C14H24N2O3/c1-10-7-16(8-11(10)12(17)18)13(19)15-9-14(2)5-3-4-6-14/h10-11H,3-9H2,1-2H3,(H,15,19)(H,17,18)/t10-,11-/m1/s1. The van der Waals surface area contributed by atoms with Crippen LogP contribution < -0.4 is 5.32 Å². The van der Waals surface area contributed by atoms with E-state index in [4.69, 9.17) is 5.11 Å². The topological polar surface area (TPSA) is 69.6 Å². The first-order valence-electron chi connectivity index (χ1n) is 7.17. The SMILES string of the molecule is C[C@@H]1CN(C(=O)NCC2(C)CCCC2)C[C@H]1C(=O)O. The van der Waals surface area contributed by atoms with Crippen molar-refractivity contribution < 1.29 is 14.7 Å². The van der Waals surface area contributed by atoms with Crippen molar-refractivity contribution in [2.45, 2.75) is 39.5 Å². The van der Waals surface area contributed by atoms with Crippen molar-refractivity contribution in [2.24, 2.45) is 17.3 Å². The van der Waals surface area contributed by atoms with Gasteiger partial charge in [-0.3, -0.25) is 4.79 Å². The van der Waals surface area contributed by atoms with Crippen LogP contribution in [0.1, 0.15) is 39.5 Å². The number of nitrogens with zero attached hydrogens (tertiary/aromatic N) is 1. The van der Waals surface area contributed by atoms with E-state index in [1.807, 2.05) is 6.92 Å². The van der Waals surface area contributed by atoms with Gasteiger partial charge >= 0.3 is 12.0 Å². The van der Waals surface area contributed by atoms with E-state index in [2.05, 4.69) is 12.2 Å². The third kappa shape index (κ3) is 3.19. The number of hydrogen-bond acceptors (Lipinski definition) is 2. The molecule has 5 nitrogen and oxygen atoms in total. The Morgan fingerprint density at radius 2 is 1.95 bits per heavy atom. The fraction of sp³-hybridized carbons (Fsp3) is 0.857. The number of hydrogen-bond donors (Lipinski definition) is 2. The molecule has 108 valence electrons. The van der Waals surface area contributed by atoms with E-state index >= 15 is 0 Å². The Kier molecular flexibility index (Phi) is 4.02. The molecule has 1 heterocycles. The minimum Gasteiger partial charge on any atom is -0.481 e. The molecule has 1 aliphatic heterocycles. The van der Waals surface area contributed by atoms with Gasteiger partial charge in [0, 0.05) is 19.6 Å². The van der Waals surface area contributed by atoms with Gasteiger partial charge in [0.05, 0.1) is 5.92 Å². The molecule has 2 fully saturated rings. The van der Waals surface area contributed by atoms with Crippen molar-refractivity contribution in [3.8, 4) is 0 Å². The van der Waals surface area contributed by atoms with Crippen LogP contribution in [0.4, 0.5) is 4.79 Å². The lowest BCUT2D eigenvalue weighted by Crippen LogP contribution is -2.43. The van der Waals surface area contributed by atoms with Gasteiger partial charge in [-0.2, -0.15) is 0 Å². The molecule has 0 aromatic rings. The average molecular weight is 268 g/mol. The third-order valence-electron chi connectivity index (χ3n) is 4.69. The van der Waals surface area contributed by atoms with Crippen LogP contribution in [0.5, 0.6) is 0 Å². The number of likely N-dealkylation sites (tertiary alicyclic amines) is 1. The van der Waals surface area contributed by atoms with Crippen LogP contribution in [0, 0.1) is 17.3 Å². The largest absolute Gasteiger partial charge is 0.481 e. The summed E-state index contributed by atoms with van der Waals surface area (Å²) in [5.74, 6) is -1.19. The van der Waals surface area contributed by atoms with E-state index in [1.165, 1.54) is 25.7 Å². The number of amides is 2. The molecule has 0 aromatic heterocycles. The van der Waals surface area contributed by atoms with Crippen molar-refractivity contribution in [1.82, 2.24) is 10.2 Å². The highest BCUT2D eigenvalue weighted by Crippen LogP contribution is 2.36. The second-order valence-electron chi connectivity index (χ2n) is 6.50. The number of urea groups is 1. The van der Waals surface area contributed by atoms with Crippen LogP contribution >= 0.6 is 0 Å². The molecule has 19 heavy (non-hydrogen) atoms. The maximum Gasteiger partial charge on any atom is 0.317 e. The highest BCUT2D eigenvalue weighted by Gasteiger charge is 2.37. The molecule has 2 aliphatic rings. The van der Waals surface area contributed by atoms with E-state index in [1.54, 1.807) is 4.90 Å². The summed E-state index contributed by atoms with van der Waals surface area (Å²) in [7, 11) is 0. The van der Waals surface area contributed by atoms with Crippen LogP contribution in [-0.2, 0) is 4.79 Å². The molecule has 1 aliphatic carbocycles. The maximum absolute atomic E-state index is 12.1. The Bertz CT molecular complexity index is 364. The Hall–Kier alpha value is -1.26. The molecule has 1 saturated heterocycles. The molecule has 0 spiro atoms. The van der Waals surface area contributed by atoms with Gasteiger partial charge < -0.3 is 15.3 Å². The summed E-state index contributed by atoms with van der Waals surface area (Å²) < 4.78 is 0. The predicted octanol–water partition coefficient (Wildman–Crippen LogP) is 1.93. The van der Waals surface area contributed by atoms with E-state index in [0.29, 0.717) is 19.6 Å². The highest BCUT2D eigenvalue weighted by molar-refractivity contribution is 5.77. The Labute approximate surface area is 114 Å². The molecule has 0 radical (unpaired) electrons. The van der Waals surface area contributed by atoms with Gasteiger partial charge in [0.15, 0.2) is 0 Å². The van der Waals surface area contributed by atoms with Gasteiger partial charge in [0.1, 0.15) is 0 Å². The fourth-order valence-electron chi connectivity index (χ4n) is 3.26. The fourth-order valence-corrected chi connectivity index (χ4v) is 3.26. The normalized spacial score (nSPS) is 29.5. The molecule has 5 heteroatoms. The zero-order chi connectivity index (χ0) is 14.0. The van der Waals surface area contributed by atoms with Crippen LogP contribution in [0.15, 0.2) is 0 Å². The maximum atomic E-state index is 12.1. The molecule has 2 N–H and O–H groups in total. The van der Waals surface area contributed by atoms with E-state index in [9.17, 15) is 9.59 Å². The molecule has 2 rings (SSSR count). The summed E-state index contributed by atoms with van der Waals surface area (Å²) in [4.78, 5) is 24.8. The Morgan fingerprint density at radius 1 is 1.32 bits per heavy atom. The quantitative estimate of drug-likeness (QED) is 0.821. The zero-order valence-corrected chi connectivity index (χ0v) is 11.8. The van der Waals surface area contributed by atoms with Crippen LogP contribution in [0.3, 0.4) is 0 Å². The second-order valence-corrected chi connectivity index (χ2v) is 6.50. The molecule has 0 bridgehead atoms. The lowest BCUT2D eigenvalue weighted by atomic mass is 9.89. The number of carbonyl (C=O) groups excluding carboxylic acids is 1. The summed E-state index contributed by atoms with van der Waals surface area (Å²) in [6.45, 7) is 5.68. The number of carboxylic acid groups (broad SMARTS) is 1. The molecular weight excluding hydrogens is 244 g/mol. The second kappa shape index (κ2) is 5.39. The van der Waals surface area contributed by atoms with Gasteiger partial charge in [-0.1, -0.05) is 26.7 Å². The summed E-state index contributed by atoms with van der Waals surface area (Å²) in [6.07, 6.45) is 4.82. The smallest absolute Gasteiger partial charge is 0.317 e. The summed E-state index contributed by atoms with van der Waals surface area (Å²) >= 11 is 0. The highest BCUT2D eigenvalue weighted by atomic mass is 16.4. The summed E-state index contributed by atoms with van der Waals surface area (Å²) in [5, 5.41) is 12.0. The van der Waals surface area contributed by atoms with Crippen molar-refractivity contribution in [1.29, 1.82) is 0 Å². The van der Waals surface area contributed by atoms with Crippen LogP contribution in [0.2, 0.25) is 0 Å². The minimum atomic E-state index is -0.800. The first kappa shape index (κ1) is 14.2. The molecular formula is C14H24N2O3. The Morgan fingerprint density at radius 3 is 2.47 bits per heavy atom. The monoisotopic (exact) mass is 268 g/mol. The van der Waals surface area contributed by atoms with Gasteiger partial charge in [0.2, 0.25) is 0 Å². The number of carbonyl (C=O) groups is 2. The van der Waals surface area contributed by atoms with Gasteiger partial charge in [0.25, 0.3) is 0 Å². The Balaban J connectivity index is 1.82. The molecule has 2 amide bonds. The first-order chi connectivity index (χ1) is 8.91. The third-order valence-corrected chi connectivity index (χ3v) is 4.69. The van der Waals surface area contributed by atoms with E-state index in [-0.39, 0.29) is 17.4 Å². The number of rotatable bonds is 3. The van der Waals surface area contributed by atoms with Crippen molar-refractivity contribution >= 4 is 12.0 Å². The minimum absolute atomic E-state index is 0.0327. The molecule has 0 unspecified atom stereocenters. The number of carboxylic acids is 1. The lowest BCUT2D eigenvalue weighted by Gasteiger charge is -2.26. The number of nitrogens with one attached hydrogen (secondary N) is 1. The lowest BCUT2D eigenvalue weighted by molar-refractivity contribution is -0.142. The van der Waals surface area contributed by atoms with E-state index in [0.717, 1.165) is 0 Å². The molecule has 2 atom stereocenters.